The number of nitrogens with one attached hydrogen (secondary N) is 2. The fraction of sp³-hybridized carbons (Fsp3) is 0.176. The van der Waals surface area contributed by atoms with Crippen molar-refractivity contribution in [3.8, 4) is 5.75 Å². The van der Waals surface area contributed by atoms with Crippen molar-refractivity contribution in [3.05, 3.63) is 52.0 Å². The molecule has 0 heterocycles. The first-order chi connectivity index (χ1) is 11.3. The zero-order chi connectivity index (χ0) is 17.7. The Hall–Kier alpha value is -2.24. The maximum absolute atomic E-state index is 12.0. The minimum Gasteiger partial charge on any atom is -0.482 e. The summed E-state index contributed by atoms with van der Waals surface area (Å²) in [5, 5.41) is 6.27. The van der Waals surface area contributed by atoms with Crippen LogP contribution in [0.4, 0.5) is 11.4 Å². The summed E-state index contributed by atoms with van der Waals surface area (Å²) in [7, 11) is 0. The van der Waals surface area contributed by atoms with Crippen LogP contribution in [0.2, 0.25) is 10.0 Å². The summed E-state index contributed by atoms with van der Waals surface area (Å²) in [4.78, 5) is 23.1. The number of halogens is 2. The highest BCUT2D eigenvalue weighted by Gasteiger charge is 2.08. The lowest BCUT2D eigenvalue weighted by Gasteiger charge is -2.11. The van der Waals surface area contributed by atoms with E-state index in [0.717, 1.165) is 5.56 Å². The van der Waals surface area contributed by atoms with Gasteiger partial charge in [0, 0.05) is 29.4 Å². The summed E-state index contributed by atoms with van der Waals surface area (Å²) in [6.45, 7) is 3.07. The number of hydrogen-bond acceptors (Lipinski definition) is 3. The molecule has 0 aliphatic carbocycles. The maximum atomic E-state index is 12.0. The number of carbonyl (C=O) groups excluding carboxylic acids is 2. The highest BCUT2D eigenvalue weighted by atomic mass is 35.5. The first-order valence-electron chi connectivity index (χ1n) is 7.11. The van der Waals surface area contributed by atoms with E-state index in [0.29, 0.717) is 27.2 Å². The average Bonchev–Trinajstić information content (AvgIpc) is 2.50. The summed E-state index contributed by atoms with van der Waals surface area (Å²) in [6.07, 6.45) is 0. The molecule has 5 nitrogen and oxygen atoms in total. The Labute approximate surface area is 149 Å². The molecule has 2 N–H and O–H groups in total. The van der Waals surface area contributed by atoms with Gasteiger partial charge in [0.25, 0.3) is 5.91 Å². The van der Waals surface area contributed by atoms with Crippen LogP contribution in [-0.2, 0) is 9.59 Å². The monoisotopic (exact) mass is 366 g/mol. The van der Waals surface area contributed by atoms with Crippen molar-refractivity contribution in [2.75, 3.05) is 17.2 Å². The number of benzene rings is 2. The molecule has 24 heavy (non-hydrogen) atoms. The Morgan fingerprint density at radius 2 is 1.83 bits per heavy atom. The van der Waals surface area contributed by atoms with Crippen LogP contribution >= 0.6 is 23.2 Å². The van der Waals surface area contributed by atoms with E-state index >= 15 is 0 Å². The third-order valence-corrected chi connectivity index (χ3v) is 3.62. The fourth-order valence-electron chi connectivity index (χ4n) is 2.00. The lowest BCUT2D eigenvalue weighted by Crippen LogP contribution is -2.20. The molecule has 2 aromatic rings. The van der Waals surface area contributed by atoms with Gasteiger partial charge in [-0.1, -0.05) is 23.2 Å². The number of aryl methyl sites for hydroxylation is 1. The van der Waals surface area contributed by atoms with Crippen LogP contribution < -0.4 is 15.4 Å². The Morgan fingerprint density at radius 1 is 1.08 bits per heavy atom. The van der Waals surface area contributed by atoms with Gasteiger partial charge in [-0.25, -0.2) is 0 Å². The van der Waals surface area contributed by atoms with Gasteiger partial charge < -0.3 is 15.4 Å². The van der Waals surface area contributed by atoms with Crippen molar-refractivity contribution in [1.82, 2.24) is 0 Å². The first kappa shape index (κ1) is 18.1. The third kappa shape index (κ3) is 5.15. The largest absolute Gasteiger partial charge is 0.482 e. The summed E-state index contributed by atoms with van der Waals surface area (Å²) in [6, 6.07) is 9.96. The van der Waals surface area contributed by atoms with Gasteiger partial charge in [-0.3, -0.25) is 9.59 Å². The normalized spacial score (nSPS) is 10.2. The van der Waals surface area contributed by atoms with E-state index in [1.165, 1.54) is 6.92 Å². The molecular weight excluding hydrogens is 351 g/mol. The second-order valence-corrected chi connectivity index (χ2v) is 5.97. The van der Waals surface area contributed by atoms with Crippen molar-refractivity contribution in [1.29, 1.82) is 0 Å². The lowest BCUT2D eigenvalue weighted by molar-refractivity contribution is -0.118. The molecule has 2 aromatic carbocycles. The topological polar surface area (TPSA) is 67.4 Å². The molecule has 126 valence electrons. The zero-order valence-corrected chi connectivity index (χ0v) is 14.7. The second kappa shape index (κ2) is 8.04. The molecule has 0 fully saturated rings. The van der Waals surface area contributed by atoms with Crippen molar-refractivity contribution < 1.29 is 14.3 Å². The van der Waals surface area contributed by atoms with Gasteiger partial charge in [0.2, 0.25) is 5.91 Å². The minimum absolute atomic E-state index is 0.151. The van der Waals surface area contributed by atoms with E-state index in [9.17, 15) is 9.59 Å². The van der Waals surface area contributed by atoms with Crippen LogP contribution in [0.3, 0.4) is 0 Å². The zero-order valence-electron chi connectivity index (χ0n) is 13.2. The fourth-order valence-corrected chi connectivity index (χ4v) is 2.33. The number of hydrogen-bond donors (Lipinski definition) is 2. The molecule has 0 aromatic heterocycles. The minimum atomic E-state index is -0.335. The molecule has 0 saturated carbocycles. The molecule has 2 rings (SSSR count). The molecule has 0 saturated heterocycles. The van der Waals surface area contributed by atoms with E-state index < -0.39 is 0 Å². The second-order valence-electron chi connectivity index (χ2n) is 5.12. The van der Waals surface area contributed by atoms with Gasteiger partial charge in [0.15, 0.2) is 6.61 Å². The number of ether oxygens (including phenoxy) is 1. The Kier molecular flexibility index (Phi) is 6.06. The van der Waals surface area contributed by atoms with Crippen LogP contribution in [-0.4, -0.2) is 18.4 Å². The van der Waals surface area contributed by atoms with Crippen LogP contribution in [0, 0.1) is 6.92 Å². The van der Waals surface area contributed by atoms with E-state index in [-0.39, 0.29) is 18.4 Å². The molecular formula is C17H16Cl2N2O3. The van der Waals surface area contributed by atoms with E-state index in [1.54, 1.807) is 36.4 Å². The molecule has 0 radical (unpaired) electrons. The summed E-state index contributed by atoms with van der Waals surface area (Å²) in [5.74, 6) is -0.143. The third-order valence-electron chi connectivity index (χ3n) is 3.07. The molecule has 0 atom stereocenters. The van der Waals surface area contributed by atoms with Crippen LogP contribution in [0.1, 0.15) is 12.5 Å². The smallest absolute Gasteiger partial charge is 0.262 e. The maximum Gasteiger partial charge on any atom is 0.262 e. The van der Waals surface area contributed by atoms with Gasteiger partial charge in [0.05, 0.1) is 5.02 Å². The first-order valence-corrected chi connectivity index (χ1v) is 7.86. The number of rotatable bonds is 5. The number of amides is 2. The average molecular weight is 367 g/mol. The van der Waals surface area contributed by atoms with Crippen molar-refractivity contribution in [2.24, 2.45) is 0 Å². The number of carbonyl (C=O) groups is 2. The van der Waals surface area contributed by atoms with E-state index in [2.05, 4.69) is 10.6 Å². The van der Waals surface area contributed by atoms with Crippen molar-refractivity contribution in [3.63, 3.8) is 0 Å². The highest BCUT2D eigenvalue weighted by Crippen LogP contribution is 2.27. The molecule has 0 aliphatic heterocycles. The standard InChI is InChI=1S/C17H16Cl2N2O3/c1-10-7-13(4-6-15(10)20-11(2)22)21-17(23)9-24-16-8-12(18)3-5-14(16)19/h3-8H,9H2,1-2H3,(H,20,22)(H,21,23). The van der Waals surface area contributed by atoms with Crippen LogP contribution in [0.25, 0.3) is 0 Å². The highest BCUT2D eigenvalue weighted by molar-refractivity contribution is 6.34. The molecule has 0 spiro atoms. The van der Waals surface area contributed by atoms with Crippen molar-refractivity contribution in [2.45, 2.75) is 13.8 Å². The molecule has 7 heteroatoms. The van der Waals surface area contributed by atoms with Crippen molar-refractivity contribution >= 4 is 46.4 Å². The van der Waals surface area contributed by atoms with Gasteiger partial charge >= 0.3 is 0 Å². The summed E-state index contributed by atoms with van der Waals surface area (Å²) < 4.78 is 5.37. The van der Waals surface area contributed by atoms with E-state index in [1.807, 2.05) is 6.92 Å². The molecule has 0 unspecified atom stereocenters. The summed E-state index contributed by atoms with van der Waals surface area (Å²) in [5.41, 5.74) is 2.14. The Morgan fingerprint density at radius 3 is 2.50 bits per heavy atom. The SMILES string of the molecule is CC(=O)Nc1ccc(NC(=O)COc2cc(Cl)ccc2Cl)cc1C. The number of anilines is 2. The molecule has 0 aliphatic rings. The molecule has 2 amide bonds. The predicted octanol–water partition coefficient (Wildman–Crippen LogP) is 4.28. The van der Waals surface area contributed by atoms with Gasteiger partial charge in [0.1, 0.15) is 5.75 Å². The van der Waals surface area contributed by atoms with Gasteiger partial charge in [-0.05, 0) is 42.8 Å². The Balaban J connectivity index is 1.96. The molecule has 0 bridgehead atoms. The lowest BCUT2D eigenvalue weighted by atomic mass is 10.1. The predicted molar refractivity (Wildman–Crippen MR) is 96.1 cm³/mol. The summed E-state index contributed by atoms with van der Waals surface area (Å²) >= 11 is 11.8. The quantitative estimate of drug-likeness (QED) is 0.829. The van der Waals surface area contributed by atoms with E-state index in [4.69, 9.17) is 27.9 Å². The van der Waals surface area contributed by atoms with Crippen LogP contribution in [0.15, 0.2) is 36.4 Å². The van der Waals surface area contributed by atoms with Gasteiger partial charge in [-0.2, -0.15) is 0 Å². The Bertz CT molecular complexity index is 778. The van der Waals surface area contributed by atoms with Crippen LogP contribution in [0.5, 0.6) is 5.75 Å². The van der Waals surface area contributed by atoms with Gasteiger partial charge in [-0.15, -0.1) is 0 Å².